The number of nitrogens with zero attached hydrogens (tertiary/aromatic N) is 2. The van der Waals surface area contributed by atoms with Gasteiger partial charge in [-0.3, -0.25) is 9.98 Å². The summed E-state index contributed by atoms with van der Waals surface area (Å²) >= 11 is 0. The van der Waals surface area contributed by atoms with Crippen LogP contribution >= 0.6 is 0 Å². The summed E-state index contributed by atoms with van der Waals surface area (Å²) in [5, 5.41) is 0. The second-order valence-electron chi connectivity index (χ2n) is 12.8. The van der Waals surface area contributed by atoms with Gasteiger partial charge in [0, 0.05) is 36.0 Å². The van der Waals surface area contributed by atoms with Crippen molar-refractivity contribution in [2.24, 2.45) is 78.8 Å². The summed E-state index contributed by atoms with van der Waals surface area (Å²) in [7, 11) is 0. The second kappa shape index (κ2) is 6.63. The Balaban J connectivity index is 1.51. The molecule has 0 saturated heterocycles. The van der Waals surface area contributed by atoms with E-state index in [0.29, 0.717) is 12.8 Å². The van der Waals surface area contributed by atoms with Crippen molar-refractivity contribution in [2.75, 3.05) is 0 Å². The van der Waals surface area contributed by atoms with Crippen molar-refractivity contribution in [3.8, 4) is 0 Å². The number of aliphatic imine (C=N–C) groups is 2. The first-order valence-electron chi connectivity index (χ1n) is 13.5. The number of hydrogen-bond donors (Lipinski definition) is 9. The Morgan fingerprint density at radius 1 is 0.789 bits per heavy atom. The average molecular weight is 520 g/mol. The van der Waals surface area contributed by atoms with E-state index in [1.807, 2.05) is 24.3 Å². The summed E-state index contributed by atoms with van der Waals surface area (Å²) in [6.07, 6.45) is 13.9. The molecule has 1 spiro atoms. The van der Waals surface area contributed by atoms with Crippen molar-refractivity contribution < 1.29 is 0 Å². The highest BCUT2D eigenvalue weighted by Crippen LogP contribution is 2.98. The maximum Gasteiger partial charge on any atom is 0.107 e. The molecule has 0 aromatic rings. The first-order chi connectivity index (χ1) is 17.9. The fourth-order valence-corrected chi connectivity index (χ4v) is 11.4. The van der Waals surface area contributed by atoms with Crippen LogP contribution in [0.15, 0.2) is 57.6 Å². The predicted molar refractivity (Wildman–Crippen MR) is 150 cm³/mol. The molecule has 0 heterocycles. The molecule has 0 radical (unpaired) electrons. The van der Waals surface area contributed by atoms with E-state index in [9.17, 15) is 0 Å². The fourth-order valence-electron chi connectivity index (χ4n) is 11.4. The molecular formula is C27H41N11. The molecule has 11 nitrogen and oxygen atoms in total. The van der Waals surface area contributed by atoms with E-state index in [-0.39, 0.29) is 6.04 Å². The van der Waals surface area contributed by atoms with E-state index in [1.165, 1.54) is 0 Å². The highest BCUT2D eigenvalue weighted by Gasteiger charge is 3.19. The molecule has 5 saturated carbocycles. The summed E-state index contributed by atoms with van der Waals surface area (Å²) in [6.45, 7) is 8.08. The van der Waals surface area contributed by atoms with Gasteiger partial charge in [-0.25, -0.2) is 0 Å². The molecule has 7 aliphatic rings. The minimum Gasteiger partial charge on any atom is -0.326 e. The van der Waals surface area contributed by atoms with Crippen molar-refractivity contribution in [1.82, 2.24) is 0 Å². The van der Waals surface area contributed by atoms with Crippen molar-refractivity contribution in [2.45, 2.75) is 82.7 Å². The van der Waals surface area contributed by atoms with Crippen LogP contribution in [0.5, 0.6) is 0 Å². The summed E-state index contributed by atoms with van der Waals surface area (Å²) in [5.41, 5.74) is 58.6. The average Bonchev–Trinajstić information content (AvgIpc) is 3.52. The standard InChI is InChI=1S/C27H41N11/c1-37-21-11-10-14(28)24(34)26(21)25(35,27(24,26)36)18(30)16-15-17(29)12-8-6-4-3-5-7-9-13(12)22(15,38-2)19(31)20(32)23(16,21)33/h3,5-9,14-20H,1-2,4,10-11,28-36H2/b5-3-,8-6-,9-7?/t14?,15?,16?,17?,18?,19?,20?,21?,22?,23?,24?,25-,26+,27?/m0/s1. The third kappa shape index (κ3) is 1.75. The monoisotopic (exact) mass is 519 g/mol. The maximum atomic E-state index is 7.63. The zero-order valence-corrected chi connectivity index (χ0v) is 21.6. The second-order valence-corrected chi connectivity index (χ2v) is 12.8. The van der Waals surface area contributed by atoms with Crippen LogP contribution in [-0.4, -0.2) is 76.9 Å². The number of allylic oxidation sites excluding steroid dienone is 4. The Morgan fingerprint density at radius 3 is 2.16 bits per heavy atom. The lowest BCUT2D eigenvalue weighted by atomic mass is 9.39. The van der Waals surface area contributed by atoms with Gasteiger partial charge in [0.25, 0.3) is 0 Å². The molecule has 5 fully saturated rings. The van der Waals surface area contributed by atoms with Gasteiger partial charge < -0.3 is 51.6 Å². The van der Waals surface area contributed by atoms with Gasteiger partial charge in [-0.1, -0.05) is 36.5 Å². The van der Waals surface area contributed by atoms with Gasteiger partial charge in [-0.15, -0.1) is 0 Å². The summed E-state index contributed by atoms with van der Waals surface area (Å²) in [5.74, 6) is -1.02. The molecule has 38 heavy (non-hydrogen) atoms. The molecule has 0 amide bonds. The van der Waals surface area contributed by atoms with Crippen molar-refractivity contribution in [3.63, 3.8) is 0 Å². The smallest absolute Gasteiger partial charge is 0.107 e. The molecule has 0 aromatic heterocycles. The molecule has 0 bridgehead atoms. The number of fused-ring (bicyclic) bond motifs is 7. The summed E-state index contributed by atoms with van der Waals surface area (Å²) < 4.78 is 0. The van der Waals surface area contributed by atoms with Crippen LogP contribution < -0.4 is 51.6 Å². The van der Waals surface area contributed by atoms with E-state index in [2.05, 4.69) is 25.6 Å². The van der Waals surface area contributed by atoms with Crippen LogP contribution in [0.4, 0.5) is 0 Å². The number of rotatable bonds is 2. The van der Waals surface area contributed by atoms with Crippen LogP contribution in [-0.2, 0) is 0 Å². The molecule has 12 unspecified atom stereocenters. The lowest BCUT2D eigenvalue weighted by Crippen LogP contribution is -2.94. The Hall–Kier alpha value is -2.06. The summed E-state index contributed by atoms with van der Waals surface area (Å²) in [6, 6.07) is -3.19. The highest BCUT2D eigenvalue weighted by molar-refractivity contribution is 5.79. The zero-order valence-electron chi connectivity index (χ0n) is 21.6. The first-order valence-corrected chi connectivity index (χ1v) is 13.5. The van der Waals surface area contributed by atoms with Gasteiger partial charge in [0.05, 0.1) is 39.2 Å². The maximum absolute atomic E-state index is 7.63. The van der Waals surface area contributed by atoms with Gasteiger partial charge in [-0.05, 0) is 43.8 Å². The van der Waals surface area contributed by atoms with Gasteiger partial charge in [0.2, 0.25) is 0 Å². The van der Waals surface area contributed by atoms with Crippen LogP contribution in [0.3, 0.4) is 0 Å². The van der Waals surface area contributed by atoms with E-state index in [0.717, 1.165) is 17.6 Å². The Kier molecular flexibility index (Phi) is 4.35. The third-order valence-electron chi connectivity index (χ3n) is 12.7. The molecule has 0 aliphatic heterocycles. The van der Waals surface area contributed by atoms with E-state index >= 15 is 0 Å². The molecule has 7 rings (SSSR count). The number of hydrogen-bond acceptors (Lipinski definition) is 11. The lowest BCUT2D eigenvalue weighted by molar-refractivity contribution is -0.114. The Labute approximate surface area is 222 Å². The van der Waals surface area contributed by atoms with Crippen molar-refractivity contribution >= 4 is 13.4 Å². The molecule has 11 heteroatoms. The van der Waals surface area contributed by atoms with Crippen LogP contribution in [0.1, 0.15) is 19.3 Å². The van der Waals surface area contributed by atoms with Crippen LogP contribution in [0, 0.1) is 17.3 Å². The van der Waals surface area contributed by atoms with Crippen LogP contribution in [0.25, 0.3) is 0 Å². The van der Waals surface area contributed by atoms with Gasteiger partial charge in [-0.2, -0.15) is 0 Å². The molecule has 14 atom stereocenters. The van der Waals surface area contributed by atoms with Crippen LogP contribution in [0.2, 0.25) is 0 Å². The molecule has 18 N–H and O–H groups in total. The number of nitrogens with two attached hydrogens (primary N) is 9. The van der Waals surface area contributed by atoms with E-state index in [4.69, 9.17) is 61.6 Å². The fraction of sp³-hybridized carbons (Fsp3) is 0.630. The van der Waals surface area contributed by atoms with Crippen molar-refractivity contribution in [1.29, 1.82) is 0 Å². The molecular weight excluding hydrogens is 478 g/mol. The molecule has 7 aliphatic carbocycles. The minimum absolute atomic E-state index is 0.378. The van der Waals surface area contributed by atoms with Crippen molar-refractivity contribution in [3.05, 3.63) is 47.6 Å². The highest BCUT2D eigenvalue weighted by atomic mass is 15.5. The zero-order chi connectivity index (χ0) is 27.5. The van der Waals surface area contributed by atoms with Gasteiger partial charge >= 0.3 is 0 Å². The first kappa shape index (κ1) is 24.9. The Morgan fingerprint density at radius 2 is 1.50 bits per heavy atom. The molecule has 0 aromatic carbocycles. The summed E-state index contributed by atoms with van der Waals surface area (Å²) in [4.78, 5) is 9.55. The minimum atomic E-state index is -1.28. The van der Waals surface area contributed by atoms with E-state index < -0.39 is 74.7 Å². The lowest BCUT2D eigenvalue weighted by Gasteiger charge is -2.71. The van der Waals surface area contributed by atoms with Gasteiger partial charge in [0.15, 0.2) is 0 Å². The van der Waals surface area contributed by atoms with E-state index in [1.54, 1.807) is 0 Å². The van der Waals surface area contributed by atoms with Gasteiger partial charge in [0.1, 0.15) is 5.54 Å². The topological polar surface area (TPSA) is 259 Å². The SMILES string of the molecule is C=NC12C3=C(/C=C\C/C=C\C=C3)C(N)C1C1C(N)[C@@]3(N)C4(N)C5(N)C(N)CCC(N=C)(C1(N)C(N)C2N)[C@]543. The largest absolute Gasteiger partial charge is 0.326 e. The Bertz CT molecular complexity index is 1310. The quantitative estimate of drug-likeness (QED) is 0.166. The normalized spacial score (nSPS) is 64.5. The molecule has 204 valence electrons. The predicted octanol–water partition coefficient (Wildman–Crippen LogP) is -3.26. The third-order valence-corrected chi connectivity index (χ3v) is 12.7.